The van der Waals surface area contributed by atoms with Crippen LogP contribution in [0.3, 0.4) is 0 Å². The molecule has 0 rings (SSSR count). The van der Waals surface area contributed by atoms with Crippen LogP contribution in [-0.4, -0.2) is 126 Å². The summed E-state index contributed by atoms with van der Waals surface area (Å²) >= 11 is 11.9. The molecule has 0 saturated heterocycles. The van der Waals surface area contributed by atoms with E-state index < -0.39 is 0 Å². The maximum atomic E-state index is 9.94. The van der Waals surface area contributed by atoms with Crippen LogP contribution in [0.25, 0.3) is 0 Å². The lowest BCUT2D eigenvalue weighted by Crippen LogP contribution is -2.36. The number of ether oxygens (including phenoxy) is 6. The van der Waals surface area contributed by atoms with Crippen molar-refractivity contribution in [3.8, 4) is 0 Å². The van der Waals surface area contributed by atoms with Crippen molar-refractivity contribution in [2.45, 2.75) is 26.2 Å². The molecule has 0 heterocycles. The molecule has 0 aromatic heterocycles. The van der Waals surface area contributed by atoms with Crippen molar-refractivity contribution in [3.63, 3.8) is 0 Å². The van der Waals surface area contributed by atoms with Gasteiger partial charge in [0.2, 0.25) is 0 Å². The molecule has 0 unspecified atom stereocenters. The molecule has 0 amide bonds. The topological polar surface area (TPSA) is 75.6 Å². The molecule has 0 aromatic rings. The molecular formula is C24H50O7S4. The molecule has 0 atom stereocenters. The minimum absolute atomic E-state index is 0.0804. The van der Waals surface area contributed by atoms with E-state index in [1.165, 1.54) is 0 Å². The maximum absolute atomic E-state index is 9.94. The molecule has 1 N–H and O–H groups in total. The minimum atomic E-state index is -0.313. The van der Waals surface area contributed by atoms with E-state index in [4.69, 9.17) is 28.4 Å². The largest absolute Gasteiger partial charge is 0.396 e. The second-order valence-corrected chi connectivity index (χ2v) is 11.3. The van der Waals surface area contributed by atoms with Crippen LogP contribution in [0, 0.1) is 5.41 Å². The summed E-state index contributed by atoms with van der Waals surface area (Å²) in [5.74, 6) is 5.53. The SMILES string of the molecule is CCC(CO)(COCCCSCCOCCOCCS)COCCCSCCOCCOCCS. The summed E-state index contributed by atoms with van der Waals surface area (Å²) in [6.07, 6.45) is 2.81. The fourth-order valence-corrected chi connectivity index (χ4v) is 4.55. The van der Waals surface area contributed by atoms with Gasteiger partial charge in [-0.3, -0.25) is 0 Å². The highest BCUT2D eigenvalue weighted by atomic mass is 32.2. The lowest BCUT2D eigenvalue weighted by molar-refractivity contribution is -0.0525. The van der Waals surface area contributed by atoms with Crippen LogP contribution in [0.5, 0.6) is 0 Å². The van der Waals surface area contributed by atoms with Gasteiger partial charge in [-0.25, -0.2) is 0 Å². The lowest BCUT2D eigenvalue weighted by atomic mass is 9.88. The van der Waals surface area contributed by atoms with Crippen LogP contribution >= 0.6 is 48.8 Å². The summed E-state index contributed by atoms with van der Waals surface area (Å²) in [5.41, 5.74) is -0.313. The highest BCUT2D eigenvalue weighted by Crippen LogP contribution is 2.23. The van der Waals surface area contributed by atoms with E-state index in [-0.39, 0.29) is 12.0 Å². The van der Waals surface area contributed by atoms with E-state index in [0.29, 0.717) is 66.1 Å². The van der Waals surface area contributed by atoms with Gasteiger partial charge in [0.25, 0.3) is 0 Å². The van der Waals surface area contributed by atoms with Gasteiger partial charge in [0.05, 0.1) is 72.7 Å². The van der Waals surface area contributed by atoms with E-state index in [0.717, 1.165) is 67.0 Å². The van der Waals surface area contributed by atoms with E-state index in [9.17, 15) is 5.11 Å². The smallest absolute Gasteiger partial charge is 0.0700 e. The first-order valence-electron chi connectivity index (χ1n) is 12.7. The highest BCUT2D eigenvalue weighted by Gasteiger charge is 2.28. The molecule has 0 fully saturated rings. The van der Waals surface area contributed by atoms with Crippen LogP contribution < -0.4 is 0 Å². The third-order valence-electron chi connectivity index (χ3n) is 5.02. The number of hydrogen-bond acceptors (Lipinski definition) is 11. The molecule has 35 heavy (non-hydrogen) atoms. The Hall–Kier alpha value is 1.12. The van der Waals surface area contributed by atoms with Gasteiger partial charge in [-0.2, -0.15) is 48.8 Å². The molecule has 0 bridgehead atoms. The zero-order valence-corrected chi connectivity index (χ0v) is 25.1. The van der Waals surface area contributed by atoms with Crippen LogP contribution in [0.15, 0.2) is 0 Å². The van der Waals surface area contributed by atoms with Gasteiger partial charge in [-0.15, -0.1) is 0 Å². The Labute approximate surface area is 233 Å². The van der Waals surface area contributed by atoms with Crippen molar-refractivity contribution in [2.24, 2.45) is 5.41 Å². The number of aliphatic hydroxyl groups excluding tert-OH is 1. The van der Waals surface area contributed by atoms with Gasteiger partial charge in [0.15, 0.2) is 0 Å². The molecule has 0 radical (unpaired) electrons. The highest BCUT2D eigenvalue weighted by molar-refractivity contribution is 7.99. The number of rotatable bonds is 30. The summed E-state index contributed by atoms with van der Waals surface area (Å²) in [4.78, 5) is 0. The van der Waals surface area contributed by atoms with Gasteiger partial charge >= 0.3 is 0 Å². The fraction of sp³-hybridized carbons (Fsp3) is 1.00. The van der Waals surface area contributed by atoms with Gasteiger partial charge in [0, 0.05) is 41.6 Å². The second-order valence-electron chi connectivity index (χ2n) is 7.95. The number of thioether (sulfide) groups is 2. The molecule has 0 aliphatic rings. The first kappa shape index (κ1) is 36.1. The summed E-state index contributed by atoms with van der Waals surface area (Å²) in [7, 11) is 0. The summed E-state index contributed by atoms with van der Waals surface area (Å²) < 4.78 is 33.4. The first-order chi connectivity index (χ1) is 17.2. The molecule has 0 spiro atoms. The molecule has 11 heteroatoms. The molecule has 0 aromatic carbocycles. The summed E-state index contributed by atoms with van der Waals surface area (Å²) in [6.45, 7) is 10.0. The molecule has 7 nitrogen and oxygen atoms in total. The predicted octanol–water partition coefficient (Wildman–Crippen LogP) is 3.58. The number of aliphatic hydroxyl groups is 1. The Kier molecular flexibility index (Phi) is 30.6. The van der Waals surface area contributed by atoms with Crippen LogP contribution in [0.1, 0.15) is 26.2 Å². The standard InChI is InChI=1S/C24H50O7S4/c1-2-24(21-25,22-30-5-3-17-34-19-13-28-9-7-26-11-15-32)23-31-6-4-18-35-20-14-29-10-8-27-12-16-33/h25,32-33H,2-23H2,1H3. The predicted molar refractivity (Wildman–Crippen MR) is 156 cm³/mol. The average molecular weight is 579 g/mol. The molecule has 0 aliphatic heterocycles. The average Bonchev–Trinajstić information content (AvgIpc) is 2.88. The van der Waals surface area contributed by atoms with Crippen LogP contribution in [0.4, 0.5) is 0 Å². The monoisotopic (exact) mass is 578 g/mol. The molecule has 212 valence electrons. The van der Waals surface area contributed by atoms with E-state index in [2.05, 4.69) is 32.2 Å². The third-order valence-corrected chi connectivity index (χ3v) is 7.45. The van der Waals surface area contributed by atoms with Crippen molar-refractivity contribution in [3.05, 3.63) is 0 Å². The Morgan fingerprint density at radius 1 is 0.571 bits per heavy atom. The zero-order valence-electron chi connectivity index (χ0n) is 21.7. The second kappa shape index (κ2) is 29.7. The van der Waals surface area contributed by atoms with Crippen molar-refractivity contribution >= 4 is 48.8 Å². The van der Waals surface area contributed by atoms with Gasteiger partial charge in [-0.1, -0.05) is 6.92 Å². The van der Waals surface area contributed by atoms with E-state index >= 15 is 0 Å². The molecular weight excluding hydrogens is 529 g/mol. The van der Waals surface area contributed by atoms with Crippen LogP contribution in [0.2, 0.25) is 0 Å². The van der Waals surface area contributed by atoms with E-state index in [1.807, 2.05) is 23.5 Å². The minimum Gasteiger partial charge on any atom is -0.396 e. The number of hydrogen-bond donors (Lipinski definition) is 3. The fourth-order valence-electron chi connectivity index (χ4n) is 2.77. The Morgan fingerprint density at radius 3 is 1.37 bits per heavy atom. The van der Waals surface area contributed by atoms with Gasteiger partial charge in [0.1, 0.15) is 0 Å². The summed E-state index contributed by atoms with van der Waals surface area (Å²) in [5, 5.41) is 9.94. The quantitative estimate of drug-likeness (QED) is 0.0876. The Bertz CT molecular complexity index is 376. The molecule has 0 saturated carbocycles. The van der Waals surface area contributed by atoms with Crippen LogP contribution in [-0.2, 0) is 28.4 Å². The maximum Gasteiger partial charge on any atom is 0.0700 e. The van der Waals surface area contributed by atoms with Crippen molar-refractivity contribution in [2.75, 3.05) is 120 Å². The van der Waals surface area contributed by atoms with Gasteiger partial charge in [-0.05, 0) is 30.8 Å². The Morgan fingerprint density at radius 2 is 1.00 bits per heavy atom. The normalized spacial score (nSPS) is 12.0. The van der Waals surface area contributed by atoms with Crippen molar-refractivity contribution in [1.29, 1.82) is 0 Å². The number of thiol groups is 2. The first-order valence-corrected chi connectivity index (χ1v) is 16.3. The summed E-state index contributed by atoms with van der Waals surface area (Å²) in [6, 6.07) is 0. The van der Waals surface area contributed by atoms with Crippen molar-refractivity contribution < 1.29 is 33.5 Å². The van der Waals surface area contributed by atoms with E-state index in [1.54, 1.807) is 0 Å². The Balaban J connectivity index is 3.56. The molecule has 0 aliphatic carbocycles. The van der Waals surface area contributed by atoms with Gasteiger partial charge < -0.3 is 33.5 Å². The third kappa shape index (κ3) is 25.2. The zero-order chi connectivity index (χ0) is 25.7. The van der Waals surface area contributed by atoms with Crippen molar-refractivity contribution in [1.82, 2.24) is 0 Å². The lowest BCUT2D eigenvalue weighted by Gasteiger charge is -2.30.